The summed E-state index contributed by atoms with van der Waals surface area (Å²) >= 11 is 1.41. The topological polar surface area (TPSA) is 80.5 Å². The fraction of sp³-hybridized carbons (Fsp3) is 0.250. The Morgan fingerprint density at radius 2 is 2.33 bits per heavy atom. The van der Waals surface area contributed by atoms with Crippen LogP contribution in [0.25, 0.3) is 12.2 Å². The molecule has 1 unspecified atom stereocenters. The summed E-state index contributed by atoms with van der Waals surface area (Å²) in [5.41, 5.74) is 7.22. The number of nitrogens with two attached hydrogens (primary N) is 1. The van der Waals surface area contributed by atoms with Gasteiger partial charge in [-0.05, 0) is 19.1 Å². The summed E-state index contributed by atoms with van der Waals surface area (Å²) in [5.74, 6) is 0. The third-order valence-electron chi connectivity index (χ3n) is 2.48. The maximum atomic E-state index is 8.64. The van der Waals surface area contributed by atoms with E-state index in [0.29, 0.717) is 11.6 Å². The minimum Gasteiger partial charge on any atom is -0.375 e. The molecule has 0 aliphatic carbocycles. The average Bonchev–Trinajstić information content (AvgIpc) is 2.95. The van der Waals surface area contributed by atoms with Crippen LogP contribution in [0.15, 0.2) is 17.9 Å². The maximum Gasteiger partial charge on any atom is 0.180 e. The summed E-state index contributed by atoms with van der Waals surface area (Å²) in [6, 6.07) is 2.29. The van der Waals surface area contributed by atoms with Crippen molar-refractivity contribution in [2.45, 2.75) is 19.4 Å². The molecule has 92 valence electrons. The van der Waals surface area contributed by atoms with Crippen molar-refractivity contribution in [2.24, 2.45) is 0 Å². The normalized spacial score (nSPS) is 12.7. The molecule has 2 rings (SSSR count). The van der Waals surface area contributed by atoms with E-state index in [1.807, 2.05) is 35.2 Å². The van der Waals surface area contributed by atoms with Gasteiger partial charge in [-0.25, -0.2) is 9.97 Å². The quantitative estimate of drug-likeness (QED) is 0.915. The van der Waals surface area contributed by atoms with Crippen LogP contribution in [0.4, 0.5) is 5.13 Å². The summed E-state index contributed by atoms with van der Waals surface area (Å²) in [7, 11) is 0. The van der Waals surface area contributed by atoms with Crippen molar-refractivity contribution in [3.63, 3.8) is 0 Å². The molecule has 2 aromatic rings. The van der Waals surface area contributed by atoms with Crippen molar-refractivity contribution in [1.82, 2.24) is 14.5 Å². The lowest BCUT2D eigenvalue weighted by Crippen LogP contribution is -2.00. The van der Waals surface area contributed by atoms with E-state index in [0.717, 1.165) is 11.4 Å². The predicted octanol–water partition coefficient (Wildman–Crippen LogP) is 2.57. The first-order valence-corrected chi connectivity index (χ1v) is 6.36. The zero-order chi connectivity index (χ0) is 13.0. The third-order valence-corrected chi connectivity index (χ3v) is 3.17. The smallest absolute Gasteiger partial charge is 0.180 e. The third kappa shape index (κ3) is 2.96. The van der Waals surface area contributed by atoms with Crippen molar-refractivity contribution in [1.29, 1.82) is 5.26 Å². The second-order valence-corrected chi connectivity index (χ2v) is 4.79. The second kappa shape index (κ2) is 5.47. The minimum absolute atomic E-state index is 0.138. The van der Waals surface area contributed by atoms with Crippen LogP contribution in [0, 0.1) is 11.3 Å². The van der Waals surface area contributed by atoms with Crippen LogP contribution in [-0.2, 0) is 0 Å². The van der Waals surface area contributed by atoms with Crippen LogP contribution >= 0.6 is 11.3 Å². The van der Waals surface area contributed by atoms with E-state index in [1.54, 1.807) is 6.33 Å². The van der Waals surface area contributed by atoms with E-state index in [4.69, 9.17) is 11.0 Å². The molecular weight excluding hydrogens is 246 g/mol. The molecule has 0 aliphatic heterocycles. The number of nitriles is 1. The van der Waals surface area contributed by atoms with Crippen LogP contribution in [-0.4, -0.2) is 14.5 Å². The fourth-order valence-corrected chi connectivity index (χ4v) is 2.00. The number of thiazole rings is 1. The summed E-state index contributed by atoms with van der Waals surface area (Å²) in [4.78, 5) is 8.38. The Bertz CT molecular complexity index is 590. The number of anilines is 1. The van der Waals surface area contributed by atoms with Gasteiger partial charge >= 0.3 is 0 Å². The van der Waals surface area contributed by atoms with Crippen LogP contribution in [0.1, 0.15) is 30.8 Å². The molecule has 5 nitrogen and oxygen atoms in total. The minimum atomic E-state index is 0.138. The van der Waals surface area contributed by atoms with E-state index in [9.17, 15) is 0 Å². The van der Waals surface area contributed by atoms with Crippen LogP contribution < -0.4 is 5.73 Å². The lowest BCUT2D eigenvalue weighted by atomic mass is 10.2. The van der Waals surface area contributed by atoms with Gasteiger partial charge in [-0.2, -0.15) is 5.26 Å². The van der Waals surface area contributed by atoms with Crippen LogP contribution in [0.3, 0.4) is 0 Å². The molecule has 0 radical (unpaired) electrons. The highest BCUT2D eigenvalue weighted by atomic mass is 32.1. The molecule has 0 bridgehead atoms. The zero-order valence-electron chi connectivity index (χ0n) is 9.95. The molecule has 0 amide bonds. The molecule has 0 saturated heterocycles. The largest absolute Gasteiger partial charge is 0.375 e. The van der Waals surface area contributed by atoms with Gasteiger partial charge in [-0.15, -0.1) is 11.3 Å². The van der Waals surface area contributed by atoms with Crippen molar-refractivity contribution in [2.75, 3.05) is 5.73 Å². The number of imidazole rings is 1. The molecule has 18 heavy (non-hydrogen) atoms. The molecule has 0 spiro atoms. The lowest BCUT2D eigenvalue weighted by molar-refractivity contribution is 0.559. The first-order valence-electron chi connectivity index (χ1n) is 5.48. The Morgan fingerprint density at radius 1 is 1.56 bits per heavy atom. The summed E-state index contributed by atoms with van der Waals surface area (Å²) < 4.78 is 1.93. The van der Waals surface area contributed by atoms with E-state index >= 15 is 0 Å². The van der Waals surface area contributed by atoms with Gasteiger partial charge in [0.15, 0.2) is 5.13 Å². The molecule has 2 aromatic heterocycles. The van der Waals surface area contributed by atoms with Crippen LogP contribution in [0.5, 0.6) is 0 Å². The highest BCUT2D eigenvalue weighted by Gasteiger charge is 2.04. The van der Waals surface area contributed by atoms with Gasteiger partial charge in [0.25, 0.3) is 0 Å². The molecular formula is C12H13N5S. The van der Waals surface area contributed by atoms with E-state index in [-0.39, 0.29) is 6.04 Å². The lowest BCUT2D eigenvalue weighted by Gasteiger charge is -2.06. The molecule has 0 aliphatic rings. The van der Waals surface area contributed by atoms with Gasteiger partial charge in [-0.3, -0.25) is 0 Å². The van der Waals surface area contributed by atoms with Crippen molar-refractivity contribution < 1.29 is 0 Å². The fourth-order valence-electron chi connectivity index (χ4n) is 1.47. The van der Waals surface area contributed by atoms with E-state index in [1.165, 1.54) is 11.3 Å². The molecule has 6 heteroatoms. The van der Waals surface area contributed by atoms with Gasteiger partial charge in [-0.1, -0.05) is 0 Å². The monoisotopic (exact) mass is 259 g/mol. The number of rotatable bonds is 4. The Labute approximate surface area is 109 Å². The summed E-state index contributed by atoms with van der Waals surface area (Å²) in [5, 5.41) is 11.1. The summed E-state index contributed by atoms with van der Waals surface area (Å²) in [6.45, 7) is 1.99. The molecule has 2 heterocycles. The van der Waals surface area contributed by atoms with E-state index < -0.39 is 0 Å². The standard InChI is InChI=1S/C12H13N5S/c1-9(4-5-13)17-6-10(15-8-17)2-3-11-7-18-12(14)16-11/h2-3,6-9H,4H2,1H3,(H2,14,16). The molecule has 1 atom stereocenters. The highest BCUT2D eigenvalue weighted by molar-refractivity contribution is 7.13. The second-order valence-electron chi connectivity index (χ2n) is 3.90. The number of nitrogen functional groups attached to an aromatic ring is 1. The Hall–Kier alpha value is -2.13. The van der Waals surface area contributed by atoms with Crippen molar-refractivity contribution in [3.05, 3.63) is 29.3 Å². The average molecular weight is 259 g/mol. The van der Waals surface area contributed by atoms with Crippen molar-refractivity contribution in [3.8, 4) is 6.07 Å². The Kier molecular flexibility index (Phi) is 3.75. The number of hydrogen-bond acceptors (Lipinski definition) is 5. The highest BCUT2D eigenvalue weighted by Crippen LogP contribution is 2.15. The summed E-state index contributed by atoms with van der Waals surface area (Å²) in [6.07, 6.45) is 7.87. The first-order chi connectivity index (χ1) is 8.69. The van der Waals surface area contributed by atoms with Gasteiger partial charge in [0, 0.05) is 17.6 Å². The molecule has 0 aromatic carbocycles. The van der Waals surface area contributed by atoms with Gasteiger partial charge in [0.1, 0.15) is 0 Å². The maximum absolute atomic E-state index is 8.64. The van der Waals surface area contributed by atoms with Gasteiger partial charge in [0.2, 0.25) is 0 Å². The number of aromatic nitrogens is 3. The van der Waals surface area contributed by atoms with E-state index in [2.05, 4.69) is 16.0 Å². The molecule has 2 N–H and O–H groups in total. The first kappa shape index (κ1) is 12.3. The molecule has 0 fully saturated rings. The number of hydrogen-bond donors (Lipinski definition) is 1. The Balaban J connectivity index is 2.07. The molecule has 0 saturated carbocycles. The van der Waals surface area contributed by atoms with Crippen LogP contribution in [0.2, 0.25) is 0 Å². The van der Waals surface area contributed by atoms with Gasteiger partial charge in [0.05, 0.1) is 30.2 Å². The van der Waals surface area contributed by atoms with Crippen molar-refractivity contribution >= 4 is 28.6 Å². The predicted molar refractivity (Wildman–Crippen MR) is 72.6 cm³/mol. The SMILES string of the molecule is CC(CC#N)n1cnc(C=Cc2csc(N)n2)c1. The number of nitrogens with zero attached hydrogens (tertiary/aromatic N) is 4. The Morgan fingerprint density at radius 3 is 3.00 bits per heavy atom. The van der Waals surface area contributed by atoms with Gasteiger partial charge < -0.3 is 10.3 Å². The zero-order valence-corrected chi connectivity index (χ0v) is 10.8.